The quantitative estimate of drug-likeness (QED) is 0.754. The summed E-state index contributed by atoms with van der Waals surface area (Å²) in [6, 6.07) is 5.84. The summed E-state index contributed by atoms with van der Waals surface area (Å²) in [6.45, 7) is 2.02. The van der Waals surface area contributed by atoms with Gasteiger partial charge in [0.1, 0.15) is 11.6 Å². The van der Waals surface area contributed by atoms with E-state index in [1.807, 2.05) is 11.4 Å². The van der Waals surface area contributed by atoms with Gasteiger partial charge in [0.2, 0.25) is 0 Å². The maximum atomic E-state index is 14.3. The van der Waals surface area contributed by atoms with E-state index < -0.39 is 11.6 Å². The number of fused-ring (bicyclic) bond motifs is 1. The number of rotatable bonds is 2. The minimum Gasteiger partial charge on any atom is -0.348 e. The van der Waals surface area contributed by atoms with Crippen LogP contribution in [0.2, 0.25) is 0 Å². The summed E-state index contributed by atoms with van der Waals surface area (Å²) in [4.78, 5) is 12.1. The summed E-state index contributed by atoms with van der Waals surface area (Å²) in [7, 11) is 0. The van der Waals surface area contributed by atoms with Crippen LogP contribution in [0.25, 0.3) is 22.3 Å². The van der Waals surface area contributed by atoms with Crippen molar-refractivity contribution in [2.24, 2.45) is 0 Å². The predicted octanol–water partition coefficient (Wildman–Crippen LogP) is 4.31. The van der Waals surface area contributed by atoms with Gasteiger partial charge < -0.3 is 5.32 Å². The van der Waals surface area contributed by atoms with Crippen molar-refractivity contribution in [3.8, 4) is 22.3 Å². The van der Waals surface area contributed by atoms with Gasteiger partial charge in [-0.05, 0) is 58.9 Å². The topological polar surface area (TPSA) is 42.0 Å². The van der Waals surface area contributed by atoms with Crippen molar-refractivity contribution < 1.29 is 13.6 Å². The molecule has 1 amide bonds. The molecule has 0 atom stereocenters. The second-order valence-corrected chi connectivity index (χ2v) is 6.38. The standard InChI is InChI=1S/C18H12F2N2OS/c1-9-2-13(17(20)5-16(9)19)10-3-12(11-6-22-24-8-11)15-7-21-18(23)14(15)4-10/h2-6,8H,7H2,1H3,(H,21,23). The molecule has 0 aliphatic carbocycles. The monoisotopic (exact) mass is 342 g/mol. The molecule has 0 radical (unpaired) electrons. The average molecular weight is 342 g/mol. The van der Waals surface area contributed by atoms with Gasteiger partial charge in [-0.3, -0.25) is 4.79 Å². The molecule has 0 saturated heterocycles. The lowest BCUT2D eigenvalue weighted by molar-refractivity contribution is 0.0966. The Morgan fingerprint density at radius 3 is 2.58 bits per heavy atom. The number of carbonyl (C=O) groups excluding carboxylic acids is 1. The first-order chi connectivity index (χ1) is 11.5. The maximum absolute atomic E-state index is 14.3. The van der Waals surface area contributed by atoms with E-state index in [9.17, 15) is 13.6 Å². The van der Waals surface area contributed by atoms with Crippen molar-refractivity contribution in [3.63, 3.8) is 0 Å². The Morgan fingerprint density at radius 1 is 1.04 bits per heavy atom. The first-order valence-corrected chi connectivity index (χ1v) is 8.19. The van der Waals surface area contributed by atoms with Crippen LogP contribution in [-0.2, 0) is 6.54 Å². The van der Waals surface area contributed by atoms with Crippen LogP contribution in [0.4, 0.5) is 8.78 Å². The smallest absolute Gasteiger partial charge is 0.251 e. The number of carbonyl (C=O) groups is 1. The molecule has 2 aromatic carbocycles. The number of aromatic nitrogens is 1. The van der Waals surface area contributed by atoms with E-state index >= 15 is 0 Å². The van der Waals surface area contributed by atoms with Gasteiger partial charge >= 0.3 is 0 Å². The Bertz CT molecular complexity index is 968. The molecule has 4 rings (SSSR count). The highest BCUT2D eigenvalue weighted by molar-refractivity contribution is 7.03. The summed E-state index contributed by atoms with van der Waals surface area (Å²) in [5.74, 6) is -1.42. The zero-order valence-electron chi connectivity index (χ0n) is 12.7. The Morgan fingerprint density at radius 2 is 1.83 bits per heavy atom. The molecular weight excluding hydrogens is 330 g/mol. The molecule has 0 fully saturated rings. The van der Waals surface area contributed by atoms with Crippen molar-refractivity contribution in [1.29, 1.82) is 0 Å². The fraction of sp³-hybridized carbons (Fsp3) is 0.111. The van der Waals surface area contributed by atoms with E-state index in [0.717, 1.165) is 22.8 Å². The van der Waals surface area contributed by atoms with Crippen molar-refractivity contribution in [3.05, 3.63) is 64.2 Å². The van der Waals surface area contributed by atoms with Crippen LogP contribution in [-0.4, -0.2) is 10.3 Å². The third-order valence-electron chi connectivity index (χ3n) is 4.22. The maximum Gasteiger partial charge on any atom is 0.251 e. The van der Waals surface area contributed by atoms with Crippen LogP contribution in [0.1, 0.15) is 21.5 Å². The van der Waals surface area contributed by atoms with Crippen molar-refractivity contribution >= 4 is 17.4 Å². The summed E-state index contributed by atoms with van der Waals surface area (Å²) < 4.78 is 31.9. The van der Waals surface area contributed by atoms with Gasteiger partial charge in [-0.1, -0.05) is 0 Å². The van der Waals surface area contributed by atoms with Crippen molar-refractivity contribution in [1.82, 2.24) is 9.69 Å². The Kier molecular flexibility index (Phi) is 3.42. The molecule has 1 N–H and O–H groups in total. The highest BCUT2D eigenvalue weighted by Crippen LogP contribution is 2.36. The molecule has 1 aromatic heterocycles. The minimum absolute atomic E-state index is 0.185. The third-order valence-corrected chi connectivity index (χ3v) is 4.81. The summed E-state index contributed by atoms with van der Waals surface area (Å²) in [5, 5.41) is 4.67. The van der Waals surface area contributed by atoms with E-state index in [1.54, 1.807) is 19.2 Å². The van der Waals surface area contributed by atoms with Crippen LogP contribution in [0.15, 0.2) is 35.8 Å². The number of nitrogens with zero attached hydrogens (tertiary/aromatic N) is 1. The van der Waals surface area contributed by atoms with Gasteiger partial charge in [-0.2, -0.15) is 0 Å². The minimum atomic E-state index is -0.647. The second-order valence-electron chi connectivity index (χ2n) is 5.73. The SMILES string of the molecule is Cc1cc(-c2cc3c(c(-c4cnsc4)c2)CNC3=O)c(F)cc1F. The summed E-state index contributed by atoms with van der Waals surface area (Å²) in [5.41, 5.74) is 4.31. The van der Waals surface area contributed by atoms with E-state index in [1.165, 1.54) is 17.6 Å². The molecule has 0 spiro atoms. The summed E-state index contributed by atoms with van der Waals surface area (Å²) >= 11 is 1.31. The van der Waals surface area contributed by atoms with Crippen molar-refractivity contribution in [2.45, 2.75) is 13.5 Å². The van der Waals surface area contributed by atoms with Crippen LogP contribution in [0.5, 0.6) is 0 Å². The second kappa shape index (κ2) is 5.49. The zero-order chi connectivity index (χ0) is 16.8. The molecule has 2 heterocycles. The Labute approximate surface area is 141 Å². The van der Waals surface area contributed by atoms with Crippen LogP contribution in [0.3, 0.4) is 0 Å². The Balaban J connectivity index is 1.98. The molecule has 1 aliphatic heterocycles. The number of benzene rings is 2. The Hall–Kier alpha value is -2.60. The van der Waals surface area contributed by atoms with Gasteiger partial charge in [0.25, 0.3) is 5.91 Å². The lowest BCUT2D eigenvalue weighted by Crippen LogP contribution is -2.12. The van der Waals surface area contributed by atoms with Crippen LogP contribution in [0, 0.1) is 18.6 Å². The van der Waals surface area contributed by atoms with E-state index in [2.05, 4.69) is 9.69 Å². The number of aryl methyl sites for hydroxylation is 1. The predicted molar refractivity (Wildman–Crippen MR) is 88.8 cm³/mol. The number of hydrogen-bond acceptors (Lipinski definition) is 3. The van der Waals surface area contributed by atoms with E-state index in [0.29, 0.717) is 23.2 Å². The number of amides is 1. The first-order valence-electron chi connectivity index (χ1n) is 7.35. The number of nitrogens with one attached hydrogen (secondary N) is 1. The van der Waals surface area contributed by atoms with Crippen LogP contribution >= 0.6 is 11.5 Å². The van der Waals surface area contributed by atoms with Gasteiger partial charge in [-0.25, -0.2) is 13.2 Å². The van der Waals surface area contributed by atoms with Gasteiger partial charge in [0, 0.05) is 40.9 Å². The number of hydrogen-bond donors (Lipinski definition) is 1. The fourth-order valence-corrected chi connectivity index (χ4v) is 3.49. The molecule has 1 aliphatic rings. The molecule has 3 aromatic rings. The first kappa shape index (κ1) is 15.0. The zero-order valence-corrected chi connectivity index (χ0v) is 13.5. The molecule has 120 valence electrons. The van der Waals surface area contributed by atoms with Gasteiger partial charge in [-0.15, -0.1) is 0 Å². The molecular formula is C18H12F2N2OS. The third kappa shape index (κ3) is 2.30. The van der Waals surface area contributed by atoms with E-state index in [-0.39, 0.29) is 11.5 Å². The molecule has 24 heavy (non-hydrogen) atoms. The lowest BCUT2D eigenvalue weighted by Gasteiger charge is -2.11. The lowest BCUT2D eigenvalue weighted by atomic mass is 9.92. The highest BCUT2D eigenvalue weighted by Gasteiger charge is 2.25. The summed E-state index contributed by atoms with van der Waals surface area (Å²) in [6.07, 6.45) is 1.72. The van der Waals surface area contributed by atoms with Crippen LogP contribution < -0.4 is 5.32 Å². The highest BCUT2D eigenvalue weighted by atomic mass is 32.1. The molecule has 0 bridgehead atoms. The molecule has 0 unspecified atom stereocenters. The number of halogens is 2. The fourth-order valence-electron chi connectivity index (χ4n) is 2.96. The molecule has 6 heteroatoms. The normalized spacial score (nSPS) is 13.0. The average Bonchev–Trinajstić information content (AvgIpc) is 3.21. The van der Waals surface area contributed by atoms with Gasteiger partial charge in [0.05, 0.1) is 0 Å². The molecule has 0 saturated carbocycles. The molecule has 3 nitrogen and oxygen atoms in total. The van der Waals surface area contributed by atoms with Crippen molar-refractivity contribution in [2.75, 3.05) is 0 Å². The van der Waals surface area contributed by atoms with E-state index in [4.69, 9.17) is 0 Å². The van der Waals surface area contributed by atoms with Gasteiger partial charge in [0.15, 0.2) is 0 Å². The largest absolute Gasteiger partial charge is 0.348 e.